The highest BCUT2D eigenvalue weighted by atomic mass is 16.5. The zero-order chi connectivity index (χ0) is 14.9. The molecule has 0 saturated carbocycles. The molecule has 1 saturated heterocycles. The number of nitrogens with zero attached hydrogens (tertiary/aromatic N) is 2. The monoisotopic (exact) mass is 299 g/mol. The maximum absolute atomic E-state index is 5.59. The van der Waals surface area contributed by atoms with Crippen LogP contribution in [0.1, 0.15) is 29.4 Å². The lowest BCUT2D eigenvalue weighted by Crippen LogP contribution is -2.25. The number of H-pyrrole nitrogens is 1. The Morgan fingerprint density at radius 1 is 1.45 bits per heavy atom. The molecule has 1 aromatic carbocycles. The normalized spacial score (nSPS) is 24.4. The van der Waals surface area contributed by atoms with Crippen molar-refractivity contribution in [3.63, 3.8) is 0 Å². The lowest BCUT2D eigenvalue weighted by molar-refractivity contribution is 0.107. The third-order valence-electron chi connectivity index (χ3n) is 4.67. The molecular weight excluding hydrogens is 278 g/mol. The lowest BCUT2D eigenvalue weighted by atomic mass is 10.1. The molecule has 5 nitrogen and oxygen atoms in total. The number of imidazole rings is 1. The van der Waals surface area contributed by atoms with Crippen molar-refractivity contribution in [1.29, 1.82) is 0 Å². The number of hydrogen-bond donors (Lipinski definition) is 1. The number of nitrogens with one attached hydrogen (secondary N) is 1. The maximum Gasteiger partial charge on any atom is 0.123 e. The number of fused-ring (bicyclic) bond motifs is 1. The van der Waals surface area contributed by atoms with Crippen LogP contribution < -0.4 is 4.74 Å². The number of benzene rings is 1. The Balaban J connectivity index is 1.55. The van der Waals surface area contributed by atoms with E-state index in [2.05, 4.69) is 33.1 Å². The molecule has 1 aromatic heterocycles. The van der Waals surface area contributed by atoms with Crippen molar-refractivity contribution in [2.24, 2.45) is 0 Å². The summed E-state index contributed by atoms with van der Waals surface area (Å²) in [5.41, 5.74) is 2.66. The van der Waals surface area contributed by atoms with Gasteiger partial charge in [0.1, 0.15) is 11.6 Å². The quantitative estimate of drug-likeness (QED) is 0.941. The van der Waals surface area contributed by atoms with Crippen LogP contribution in [-0.4, -0.2) is 41.2 Å². The number of ether oxygens (including phenoxy) is 2. The highest BCUT2D eigenvalue weighted by molar-refractivity contribution is 5.39. The first kappa shape index (κ1) is 13.8. The van der Waals surface area contributed by atoms with Crippen LogP contribution in [-0.2, 0) is 17.7 Å². The summed E-state index contributed by atoms with van der Waals surface area (Å²) in [5, 5.41) is 0. The number of methoxy groups -OCH3 is 1. The lowest BCUT2D eigenvalue weighted by Gasteiger charge is -2.22. The average molecular weight is 299 g/mol. The van der Waals surface area contributed by atoms with Crippen LogP contribution in [0.4, 0.5) is 0 Å². The predicted molar refractivity (Wildman–Crippen MR) is 82.8 cm³/mol. The molecule has 2 atom stereocenters. The zero-order valence-electron chi connectivity index (χ0n) is 12.8. The molecule has 22 heavy (non-hydrogen) atoms. The summed E-state index contributed by atoms with van der Waals surface area (Å²) in [4.78, 5) is 10.1. The van der Waals surface area contributed by atoms with Crippen LogP contribution >= 0.6 is 0 Å². The maximum atomic E-state index is 5.59. The fourth-order valence-electron chi connectivity index (χ4n) is 3.52. The Kier molecular flexibility index (Phi) is 3.60. The van der Waals surface area contributed by atoms with Crippen LogP contribution in [0.3, 0.4) is 0 Å². The smallest absolute Gasteiger partial charge is 0.123 e. The van der Waals surface area contributed by atoms with E-state index in [1.54, 1.807) is 7.11 Å². The second-order valence-corrected chi connectivity index (χ2v) is 6.05. The minimum atomic E-state index is 0.271. The molecule has 0 radical (unpaired) electrons. The van der Waals surface area contributed by atoms with Gasteiger partial charge in [0.15, 0.2) is 0 Å². The van der Waals surface area contributed by atoms with Gasteiger partial charge in [-0.2, -0.15) is 0 Å². The van der Waals surface area contributed by atoms with Crippen LogP contribution in [0.25, 0.3) is 0 Å². The number of rotatable bonds is 4. The molecule has 1 N–H and O–H groups in total. The predicted octanol–water partition coefficient (Wildman–Crippen LogP) is 2.31. The summed E-state index contributed by atoms with van der Waals surface area (Å²) in [6.45, 7) is 2.66. The second-order valence-electron chi connectivity index (χ2n) is 6.05. The number of aromatic nitrogens is 2. The van der Waals surface area contributed by atoms with Gasteiger partial charge in [-0.25, -0.2) is 4.98 Å². The van der Waals surface area contributed by atoms with Gasteiger partial charge < -0.3 is 14.5 Å². The molecule has 0 bridgehead atoms. The second kappa shape index (κ2) is 5.74. The van der Waals surface area contributed by atoms with Gasteiger partial charge in [0, 0.05) is 39.0 Å². The van der Waals surface area contributed by atoms with Gasteiger partial charge in [-0.15, -0.1) is 0 Å². The fraction of sp³-hybridized carbons (Fsp3) is 0.471. The molecule has 2 aliphatic heterocycles. The van der Waals surface area contributed by atoms with E-state index in [4.69, 9.17) is 9.47 Å². The highest BCUT2D eigenvalue weighted by Gasteiger charge is 2.34. The summed E-state index contributed by atoms with van der Waals surface area (Å²) < 4.78 is 11.2. The topological polar surface area (TPSA) is 50.4 Å². The van der Waals surface area contributed by atoms with Gasteiger partial charge in [0.2, 0.25) is 0 Å². The van der Waals surface area contributed by atoms with Crippen molar-refractivity contribution >= 4 is 0 Å². The van der Waals surface area contributed by atoms with E-state index in [1.165, 1.54) is 11.1 Å². The van der Waals surface area contributed by atoms with E-state index in [0.717, 1.165) is 44.1 Å². The molecule has 1 unspecified atom stereocenters. The molecule has 5 heteroatoms. The first-order valence-corrected chi connectivity index (χ1v) is 7.84. The largest absolute Gasteiger partial charge is 0.493 e. The van der Waals surface area contributed by atoms with Crippen molar-refractivity contribution < 1.29 is 9.47 Å². The Morgan fingerprint density at radius 3 is 3.23 bits per heavy atom. The summed E-state index contributed by atoms with van der Waals surface area (Å²) in [7, 11) is 1.79. The number of hydrogen-bond acceptors (Lipinski definition) is 4. The molecule has 3 heterocycles. The molecule has 0 amide bonds. The minimum Gasteiger partial charge on any atom is -0.493 e. The van der Waals surface area contributed by atoms with Crippen LogP contribution in [0, 0.1) is 0 Å². The van der Waals surface area contributed by atoms with Gasteiger partial charge in [-0.3, -0.25) is 4.90 Å². The van der Waals surface area contributed by atoms with Crippen LogP contribution in [0.5, 0.6) is 5.75 Å². The molecule has 1 fully saturated rings. The number of aromatic amines is 1. The molecule has 2 aliphatic rings. The fourth-order valence-corrected chi connectivity index (χ4v) is 3.52. The van der Waals surface area contributed by atoms with Gasteiger partial charge in [-0.1, -0.05) is 12.1 Å². The van der Waals surface area contributed by atoms with E-state index in [9.17, 15) is 0 Å². The van der Waals surface area contributed by atoms with Crippen molar-refractivity contribution in [3.8, 4) is 5.75 Å². The Hall–Kier alpha value is -1.85. The van der Waals surface area contributed by atoms with E-state index < -0.39 is 0 Å². The molecule has 4 rings (SSSR count). The Morgan fingerprint density at radius 2 is 2.41 bits per heavy atom. The zero-order valence-corrected chi connectivity index (χ0v) is 12.8. The summed E-state index contributed by atoms with van der Waals surface area (Å²) >= 11 is 0. The van der Waals surface area contributed by atoms with E-state index in [1.807, 2.05) is 12.4 Å². The third kappa shape index (κ3) is 2.51. The summed E-state index contributed by atoms with van der Waals surface area (Å²) in [6, 6.07) is 6.85. The first-order valence-electron chi connectivity index (χ1n) is 7.84. The van der Waals surface area contributed by atoms with Gasteiger partial charge in [0.25, 0.3) is 0 Å². The van der Waals surface area contributed by atoms with E-state index in [0.29, 0.717) is 6.04 Å². The first-order chi connectivity index (χ1) is 10.8. The van der Waals surface area contributed by atoms with Crippen LogP contribution in [0.15, 0.2) is 30.6 Å². The van der Waals surface area contributed by atoms with Gasteiger partial charge in [0.05, 0.1) is 18.8 Å². The molecule has 116 valence electrons. The Labute approximate surface area is 130 Å². The average Bonchev–Trinajstić information content (AvgIpc) is 3.27. The van der Waals surface area contributed by atoms with E-state index >= 15 is 0 Å². The van der Waals surface area contributed by atoms with Crippen molar-refractivity contribution in [2.45, 2.75) is 31.5 Å². The van der Waals surface area contributed by atoms with Gasteiger partial charge in [-0.05, 0) is 23.6 Å². The van der Waals surface area contributed by atoms with Crippen LogP contribution in [0.2, 0.25) is 0 Å². The van der Waals surface area contributed by atoms with Crippen molar-refractivity contribution in [3.05, 3.63) is 47.5 Å². The molecule has 0 aliphatic carbocycles. The standard InChI is InChI=1S/C17H21N3O2/c1-21-14-9-15(17-18-5-6-19-17)20(11-14)10-12-2-3-16-13(8-12)4-7-22-16/h2-3,5-6,8,14-15H,4,7,9-11H2,1H3,(H,18,19)/t14-,15?/m1/s1. The Bertz CT molecular complexity index is 641. The third-order valence-corrected chi connectivity index (χ3v) is 4.67. The summed E-state index contributed by atoms with van der Waals surface area (Å²) in [6.07, 6.45) is 5.98. The van der Waals surface area contributed by atoms with Gasteiger partial charge >= 0.3 is 0 Å². The SMILES string of the molecule is CO[C@@H]1CC(c2ncc[nH]2)N(Cc2ccc3c(c2)CCO3)C1. The molecule has 2 aromatic rings. The van der Waals surface area contributed by atoms with E-state index in [-0.39, 0.29) is 6.10 Å². The highest BCUT2D eigenvalue weighted by Crippen LogP contribution is 2.34. The summed E-state index contributed by atoms with van der Waals surface area (Å²) in [5.74, 6) is 2.08. The molecular formula is C17H21N3O2. The van der Waals surface area contributed by atoms with Crippen molar-refractivity contribution in [1.82, 2.24) is 14.9 Å². The van der Waals surface area contributed by atoms with Crippen molar-refractivity contribution in [2.75, 3.05) is 20.3 Å². The minimum absolute atomic E-state index is 0.271. The number of likely N-dealkylation sites (tertiary alicyclic amines) is 1. The molecule has 0 spiro atoms.